The molecule has 13 heavy (non-hydrogen) atoms. The van der Waals surface area contributed by atoms with Crippen LogP contribution in [0.3, 0.4) is 0 Å². The minimum atomic E-state index is -0.130. The highest BCUT2D eigenvalue weighted by atomic mass is 19.1. The van der Waals surface area contributed by atoms with Crippen LogP contribution >= 0.6 is 0 Å². The fourth-order valence-electron chi connectivity index (χ4n) is 2.35. The second-order valence-corrected chi connectivity index (χ2v) is 4.07. The van der Waals surface area contributed by atoms with Crippen LogP contribution in [0.25, 0.3) is 0 Å². The lowest BCUT2D eigenvalue weighted by Crippen LogP contribution is -2.01. The maximum Gasteiger partial charge on any atom is 0.123 e. The number of halogens is 1. The molecule has 0 bridgehead atoms. The molecular weight excluding hydrogens is 163 g/mol. The summed E-state index contributed by atoms with van der Waals surface area (Å²) in [7, 11) is 0. The Balaban J connectivity index is 2.20. The molecule has 2 atom stereocenters. The van der Waals surface area contributed by atoms with E-state index in [9.17, 15) is 4.39 Å². The normalized spacial score (nSPS) is 27.8. The number of rotatable bonds is 1. The van der Waals surface area contributed by atoms with E-state index in [1.807, 2.05) is 12.1 Å². The highest BCUT2D eigenvalue weighted by Gasteiger charge is 2.24. The molecule has 0 spiro atoms. The maximum absolute atomic E-state index is 12.7. The number of hydrogen-bond donors (Lipinski definition) is 0. The van der Waals surface area contributed by atoms with E-state index >= 15 is 0 Å². The van der Waals surface area contributed by atoms with Gasteiger partial charge in [0.05, 0.1) is 0 Å². The van der Waals surface area contributed by atoms with Gasteiger partial charge in [0, 0.05) is 0 Å². The molecule has 1 heteroatoms. The molecule has 0 saturated heterocycles. The number of hydrogen-bond acceptors (Lipinski definition) is 0. The van der Waals surface area contributed by atoms with Crippen LogP contribution in [-0.4, -0.2) is 0 Å². The van der Waals surface area contributed by atoms with Crippen LogP contribution in [0.5, 0.6) is 0 Å². The summed E-state index contributed by atoms with van der Waals surface area (Å²) in [4.78, 5) is 0. The minimum absolute atomic E-state index is 0.130. The second kappa shape index (κ2) is 3.49. The van der Waals surface area contributed by atoms with Gasteiger partial charge >= 0.3 is 0 Å². The molecule has 0 aromatic heterocycles. The van der Waals surface area contributed by atoms with Crippen LogP contribution in [0.1, 0.15) is 37.7 Å². The van der Waals surface area contributed by atoms with Crippen LogP contribution < -0.4 is 0 Å². The molecule has 1 aliphatic carbocycles. The Kier molecular flexibility index (Phi) is 2.34. The molecule has 0 radical (unpaired) electrons. The SMILES string of the molecule is C[C@@H]1CCC[C@H]1c1ccc(F)cc1. The van der Waals surface area contributed by atoms with Gasteiger partial charge < -0.3 is 0 Å². The zero-order chi connectivity index (χ0) is 9.26. The van der Waals surface area contributed by atoms with Crippen LogP contribution in [0.15, 0.2) is 24.3 Å². The topological polar surface area (TPSA) is 0 Å². The summed E-state index contributed by atoms with van der Waals surface area (Å²) in [5.41, 5.74) is 1.31. The quantitative estimate of drug-likeness (QED) is 0.614. The van der Waals surface area contributed by atoms with E-state index < -0.39 is 0 Å². The van der Waals surface area contributed by atoms with E-state index in [4.69, 9.17) is 0 Å². The molecule has 1 saturated carbocycles. The van der Waals surface area contributed by atoms with E-state index in [-0.39, 0.29) is 5.82 Å². The third kappa shape index (κ3) is 1.74. The average Bonchev–Trinajstić information content (AvgIpc) is 2.53. The molecule has 1 aromatic carbocycles. The summed E-state index contributed by atoms with van der Waals surface area (Å²) in [5, 5.41) is 0. The van der Waals surface area contributed by atoms with Crippen LogP contribution in [-0.2, 0) is 0 Å². The Labute approximate surface area is 78.8 Å². The van der Waals surface area contributed by atoms with Crippen molar-refractivity contribution in [1.29, 1.82) is 0 Å². The van der Waals surface area contributed by atoms with Crippen molar-refractivity contribution in [2.75, 3.05) is 0 Å². The van der Waals surface area contributed by atoms with Crippen LogP contribution in [0.4, 0.5) is 4.39 Å². The van der Waals surface area contributed by atoms with Gasteiger partial charge in [-0.3, -0.25) is 0 Å². The average molecular weight is 178 g/mol. The standard InChI is InChI=1S/C12H15F/c1-9-3-2-4-12(9)10-5-7-11(13)8-6-10/h5-9,12H,2-4H2,1H3/t9-,12-/m1/s1. The first kappa shape index (κ1) is 8.74. The first-order valence-electron chi connectivity index (χ1n) is 5.03. The van der Waals surface area contributed by atoms with Gasteiger partial charge in [0.15, 0.2) is 0 Å². The van der Waals surface area contributed by atoms with Crippen molar-refractivity contribution in [1.82, 2.24) is 0 Å². The molecule has 0 nitrogen and oxygen atoms in total. The molecule has 0 aliphatic heterocycles. The molecule has 0 amide bonds. The lowest BCUT2D eigenvalue weighted by molar-refractivity contribution is 0.531. The predicted octanol–water partition coefficient (Wildman–Crippen LogP) is 3.73. The Morgan fingerprint density at radius 2 is 1.85 bits per heavy atom. The Bertz CT molecular complexity index is 276. The second-order valence-electron chi connectivity index (χ2n) is 4.07. The van der Waals surface area contributed by atoms with Crippen molar-refractivity contribution in [2.24, 2.45) is 5.92 Å². The van der Waals surface area contributed by atoms with Crippen molar-refractivity contribution >= 4 is 0 Å². The van der Waals surface area contributed by atoms with E-state index in [2.05, 4.69) is 6.92 Å². The fourth-order valence-corrected chi connectivity index (χ4v) is 2.35. The Morgan fingerprint density at radius 3 is 2.38 bits per heavy atom. The van der Waals surface area contributed by atoms with Gasteiger partial charge in [-0.25, -0.2) is 4.39 Å². The lowest BCUT2D eigenvalue weighted by Gasteiger charge is -2.15. The summed E-state index contributed by atoms with van der Waals surface area (Å²) in [5.74, 6) is 1.31. The molecular formula is C12H15F. The van der Waals surface area contributed by atoms with Crippen molar-refractivity contribution in [3.8, 4) is 0 Å². The van der Waals surface area contributed by atoms with Crippen molar-refractivity contribution in [3.05, 3.63) is 35.6 Å². The molecule has 0 unspecified atom stereocenters. The monoisotopic (exact) mass is 178 g/mol. The summed E-state index contributed by atoms with van der Waals surface area (Å²) >= 11 is 0. The molecule has 70 valence electrons. The third-order valence-electron chi connectivity index (χ3n) is 3.16. The van der Waals surface area contributed by atoms with Crippen LogP contribution in [0.2, 0.25) is 0 Å². The van der Waals surface area contributed by atoms with Gasteiger partial charge in [-0.05, 0) is 36.0 Å². The molecule has 0 heterocycles. The maximum atomic E-state index is 12.7. The molecule has 1 aromatic rings. The van der Waals surface area contributed by atoms with Crippen molar-refractivity contribution in [3.63, 3.8) is 0 Å². The zero-order valence-electron chi connectivity index (χ0n) is 7.96. The van der Waals surface area contributed by atoms with E-state index in [0.717, 1.165) is 5.92 Å². The Hall–Kier alpha value is -0.850. The highest BCUT2D eigenvalue weighted by molar-refractivity contribution is 5.21. The van der Waals surface area contributed by atoms with Gasteiger partial charge in [0.25, 0.3) is 0 Å². The van der Waals surface area contributed by atoms with Gasteiger partial charge in [-0.2, -0.15) is 0 Å². The third-order valence-corrected chi connectivity index (χ3v) is 3.16. The minimum Gasteiger partial charge on any atom is -0.207 e. The predicted molar refractivity (Wildman–Crippen MR) is 52.2 cm³/mol. The number of benzene rings is 1. The first-order valence-corrected chi connectivity index (χ1v) is 5.03. The molecule has 1 fully saturated rings. The van der Waals surface area contributed by atoms with Gasteiger partial charge in [0.2, 0.25) is 0 Å². The largest absolute Gasteiger partial charge is 0.207 e. The summed E-state index contributed by atoms with van der Waals surface area (Å²) in [6.07, 6.45) is 3.91. The highest BCUT2D eigenvalue weighted by Crippen LogP contribution is 2.38. The fraction of sp³-hybridized carbons (Fsp3) is 0.500. The van der Waals surface area contributed by atoms with Gasteiger partial charge in [-0.15, -0.1) is 0 Å². The summed E-state index contributed by atoms with van der Waals surface area (Å²) in [6.45, 7) is 2.29. The molecule has 2 rings (SSSR count). The van der Waals surface area contributed by atoms with E-state index in [1.165, 1.54) is 24.8 Å². The Morgan fingerprint density at radius 1 is 1.15 bits per heavy atom. The molecule has 1 aliphatic rings. The summed E-state index contributed by atoms with van der Waals surface area (Å²) in [6, 6.07) is 7.00. The van der Waals surface area contributed by atoms with Gasteiger partial charge in [-0.1, -0.05) is 31.9 Å². The van der Waals surface area contributed by atoms with Crippen LogP contribution in [0, 0.1) is 11.7 Å². The summed E-state index contributed by atoms with van der Waals surface area (Å²) < 4.78 is 12.7. The smallest absolute Gasteiger partial charge is 0.123 e. The zero-order valence-corrected chi connectivity index (χ0v) is 7.96. The molecule has 0 N–H and O–H groups in total. The van der Waals surface area contributed by atoms with E-state index in [1.54, 1.807) is 12.1 Å². The van der Waals surface area contributed by atoms with Crippen molar-refractivity contribution in [2.45, 2.75) is 32.1 Å². The first-order chi connectivity index (χ1) is 6.27. The lowest BCUT2D eigenvalue weighted by atomic mass is 9.90. The van der Waals surface area contributed by atoms with Gasteiger partial charge in [0.1, 0.15) is 5.82 Å². The van der Waals surface area contributed by atoms with E-state index in [0.29, 0.717) is 5.92 Å². The van der Waals surface area contributed by atoms with Crippen molar-refractivity contribution < 1.29 is 4.39 Å².